The number of ether oxygens (including phenoxy) is 1. The topological polar surface area (TPSA) is 81.4 Å². The van der Waals surface area contributed by atoms with Gasteiger partial charge in [0.2, 0.25) is 10.0 Å². The van der Waals surface area contributed by atoms with E-state index in [-0.39, 0.29) is 10.5 Å². The molecule has 0 amide bonds. The zero-order chi connectivity index (χ0) is 13.8. The van der Waals surface area contributed by atoms with Gasteiger partial charge in [-0.15, -0.1) is 0 Å². The monoisotopic (exact) mass is 272 g/mol. The van der Waals surface area contributed by atoms with E-state index in [9.17, 15) is 8.42 Å². The highest BCUT2D eigenvalue weighted by Crippen LogP contribution is 2.15. The Labute approximate surface area is 108 Å². The van der Waals surface area contributed by atoms with Crippen LogP contribution in [0, 0.1) is 0 Å². The Bertz CT molecular complexity index is 481. The van der Waals surface area contributed by atoms with Crippen molar-refractivity contribution in [3.05, 3.63) is 24.3 Å². The second-order valence-electron chi connectivity index (χ2n) is 4.71. The molecule has 1 aromatic carbocycles. The summed E-state index contributed by atoms with van der Waals surface area (Å²) in [6, 6.07) is 6.36. The molecule has 0 aliphatic rings. The third kappa shape index (κ3) is 4.64. The molecule has 1 aromatic rings. The highest BCUT2D eigenvalue weighted by molar-refractivity contribution is 7.89. The lowest BCUT2D eigenvalue weighted by Gasteiger charge is -2.23. The normalized spacial score (nSPS) is 12.4. The van der Waals surface area contributed by atoms with E-state index in [0.29, 0.717) is 0 Å². The summed E-state index contributed by atoms with van der Waals surface area (Å²) in [5.41, 5.74) is 0.683. The number of hydrogen-bond acceptors (Lipinski definition) is 4. The summed E-state index contributed by atoms with van der Waals surface area (Å²) < 4.78 is 27.4. The van der Waals surface area contributed by atoms with Crippen molar-refractivity contribution in [2.24, 2.45) is 5.14 Å². The van der Waals surface area contributed by atoms with Crippen molar-refractivity contribution in [3.8, 4) is 0 Å². The smallest absolute Gasteiger partial charge is 0.238 e. The zero-order valence-electron chi connectivity index (χ0n) is 10.9. The van der Waals surface area contributed by atoms with Gasteiger partial charge in [-0.05, 0) is 44.5 Å². The molecule has 18 heavy (non-hydrogen) atoms. The Morgan fingerprint density at radius 3 is 2.28 bits per heavy atom. The predicted octanol–water partition coefficient (Wildman–Crippen LogP) is 1.56. The van der Waals surface area contributed by atoms with E-state index >= 15 is 0 Å². The third-order valence-electron chi connectivity index (χ3n) is 2.79. The number of primary sulfonamides is 1. The van der Waals surface area contributed by atoms with Crippen LogP contribution in [0.2, 0.25) is 0 Å². The van der Waals surface area contributed by atoms with Crippen molar-refractivity contribution in [2.45, 2.75) is 30.8 Å². The molecule has 0 heterocycles. The maximum Gasteiger partial charge on any atom is 0.238 e. The van der Waals surface area contributed by atoms with Crippen LogP contribution in [0.25, 0.3) is 0 Å². The van der Waals surface area contributed by atoms with Crippen LogP contribution in [0.3, 0.4) is 0 Å². The van der Waals surface area contributed by atoms with Crippen LogP contribution in [0.5, 0.6) is 0 Å². The minimum Gasteiger partial charge on any atom is -0.385 e. The van der Waals surface area contributed by atoms with Crippen LogP contribution >= 0.6 is 0 Å². The van der Waals surface area contributed by atoms with Gasteiger partial charge >= 0.3 is 0 Å². The summed E-state index contributed by atoms with van der Waals surface area (Å²) in [4.78, 5) is 0.116. The maximum atomic E-state index is 11.1. The largest absolute Gasteiger partial charge is 0.385 e. The standard InChI is InChI=1S/C12H20N2O3S/c1-12(2,17-3)8-9-14-10-4-6-11(7-5-10)18(13,15)16/h4-7,14H,8-9H2,1-3H3,(H2,13,15,16). The zero-order valence-corrected chi connectivity index (χ0v) is 11.8. The molecule has 102 valence electrons. The lowest BCUT2D eigenvalue weighted by atomic mass is 10.1. The molecule has 3 N–H and O–H groups in total. The van der Waals surface area contributed by atoms with Crippen LogP contribution < -0.4 is 10.5 Å². The van der Waals surface area contributed by atoms with Crippen LogP contribution in [0.4, 0.5) is 5.69 Å². The number of anilines is 1. The van der Waals surface area contributed by atoms with Crippen molar-refractivity contribution in [1.29, 1.82) is 0 Å². The summed E-state index contributed by atoms with van der Waals surface area (Å²) >= 11 is 0. The number of methoxy groups -OCH3 is 1. The molecule has 1 rings (SSSR count). The first-order valence-corrected chi connectivity index (χ1v) is 7.21. The van der Waals surface area contributed by atoms with Gasteiger partial charge in [0.1, 0.15) is 0 Å². The number of rotatable bonds is 6. The fourth-order valence-corrected chi connectivity index (χ4v) is 1.89. The van der Waals surface area contributed by atoms with Gasteiger partial charge in [-0.25, -0.2) is 13.6 Å². The first-order chi connectivity index (χ1) is 8.24. The first kappa shape index (κ1) is 14.9. The highest BCUT2D eigenvalue weighted by Gasteiger charge is 2.15. The molecular weight excluding hydrogens is 252 g/mol. The first-order valence-electron chi connectivity index (χ1n) is 5.66. The fraction of sp³-hybridized carbons (Fsp3) is 0.500. The van der Waals surface area contributed by atoms with E-state index in [2.05, 4.69) is 5.32 Å². The van der Waals surface area contributed by atoms with Gasteiger partial charge in [0.05, 0.1) is 10.5 Å². The molecule has 0 saturated heterocycles. The van der Waals surface area contributed by atoms with Gasteiger partial charge in [-0.3, -0.25) is 0 Å². The third-order valence-corrected chi connectivity index (χ3v) is 3.72. The van der Waals surface area contributed by atoms with Crippen LogP contribution in [-0.4, -0.2) is 27.7 Å². The maximum absolute atomic E-state index is 11.1. The molecule has 5 nitrogen and oxygen atoms in total. The lowest BCUT2D eigenvalue weighted by molar-refractivity contribution is 0.0185. The van der Waals surface area contributed by atoms with Crippen molar-refractivity contribution < 1.29 is 13.2 Å². The molecule has 0 unspecified atom stereocenters. The van der Waals surface area contributed by atoms with Gasteiger partial charge in [-0.1, -0.05) is 0 Å². The average molecular weight is 272 g/mol. The van der Waals surface area contributed by atoms with Crippen molar-refractivity contribution in [2.75, 3.05) is 19.0 Å². The molecule has 0 aliphatic heterocycles. The van der Waals surface area contributed by atoms with Gasteiger partial charge < -0.3 is 10.1 Å². The van der Waals surface area contributed by atoms with Crippen molar-refractivity contribution >= 4 is 15.7 Å². The predicted molar refractivity (Wildman–Crippen MR) is 72.0 cm³/mol. The number of sulfonamides is 1. The molecule has 0 atom stereocenters. The van der Waals surface area contributed by atoms with Crippen molar-refractivity contribution in [3.63, 3.8) is 0 Å². The molecule has 6 heteroatoms. The minimum atomic E-state index is -3.62. The minimum absolute atomic E-state index is 0.116. The molecule has 0 bridgehead atoms. The molecule has 0 radical (unpaired) electrons. The van der Waals surface area contributed by atoms with Gasteiger partial charge in [0.15, 0.2) is 0 Å². The van der Waals surface area contributed by atoms with E-state index in [0.717, 1.165) is 18.7 Å². The lowest BCUT2D eigenvalue weighted by Crippen LogP contribution is -2.25. The van der Waals surface area contributed by atoms with E-state index in [4.69, 9.17) is 9.88 Å². The Hall–Kier alpha value is -1.11. The van der Waals surface area contributed by atoms with Gasteiger partial charge in [-0.2, -0.15) is 0 Å². The van der Waals surface area contributed by atoms with Crippen LogP contribution in [0.1, 0.15) is 20.3 Å². The Balaban J connectivity index is 2.55. The summed E-state index contributed by atoms with van der Waals surface area (Å²) in [7, 11) is -1.93. The number of nitrogens with one attached hydrogen (secondary N) is 1. The Morgan fingerprint density at radius 1 is 1.28 bits per heavy atom. The van der Waals surface area contributed by atoms with Crippen LogP contribution in [-0.2, 0) is 14.8 Å². The number of benzene rings is 1. The second kappa shape index (κ2) is 5.69. The summed E-state index contributed by atoms with van der Waals surface area (Å²) in [6.07, 6.45) is 0.848. The number of hydrogen-bond donors (Lipinski definition) is 2. The van der Waals surface area contributed by atoms with Gasteiger partial charge in [0, 0.05) is 19.3 Å². The Kier molecular flexibility index (Phi) is 4.72. The van der Waals surface area contributed by atoms with Crippen LogP contribution in [0.15, 0.2) is 29.2 Å². The summed E-state index contributed by atoms with van der Waals surface area (Å²) in [5.74, 6) is 0. The van der Waals surface area contributed by atoms with E-state index in [1.54, 1.807) is 19.2 Å². The summed E-state index contributed by atoms with van der Waals surface area (Å²) in [5, 5.41) is 8.22. The van der Waals surface area contributed by atoms with E-state index in [1.165, 1.54) is 12.1 Å². The summed E-state index contributed by atoms with van der Waals surface area (Å²) in [6.45, 7) is 4.77. The van der Waals surface area contributed by atoms with Crippen molar-refractivity contribution in [1.82, 2.24) is 0 Å². The highest BCUT2D eigenvalue weighted by atomic mass is 32.2. The SMILES string of the molecule is COC(C)(C)CCNc1ccc(S(N)(=O)=O)cc1. The second-order valence-corrected chi connectivity index (χ2v) is 6.27. The Morgan fingerprint density at radius 2 is 1.83 bits per heavy atom. The number of nitrogens with two attached hydrogens (primary N) is 1. The van der Waals surface area contributed by atoms with Gasteiger partial charge in [0.25, 0.3) is 0 Å². The van der Waals surface area contributed by atoms with E-state index in [1.807, 2.05) is 13.8 Å². The molecule has 0 aromatic heterocycles. The fourth-order valence-electron chi connectivity index (χ4n) is 1.37. The molecule has 0 saturated carbocycles. The molecule has 0 spiro atoms. The molecule has 0 fully saturated rings. The average Bonchev–Trinajstić information content (AvgIpc) is 2.28. The quantitative estimate of drug-likeness (QED) is 0.823. The molecule has 0 aliphatic carbocycles. The molecular formula is C12H20N2O3S. The van der Waals surface area contributed by atoms with E-state index < -0.39 is 10.0 Å².